The highest BCUT2D eigenvalue weighted by molar-refractivity contribution is 9.10. The smallest absolute Gasteiger partial charge is 0.328 e. The van der Waals surface area contributed by atoms with E-state index in [9.17, 15) is 9.59 Å². The summed E-state index contributed by atoms with van der Waals surface area (Å²) in [6.45, 7) is 1.45. The first-order chi connectivity index (χ1) is 17.8. The lowest BCUT2D eigenvalue weighted by molar-refractivity contribution is -0.131. The molecule has 1 aromatic carbocycles. The molecule has 1 aromatic heterocycles. The number of hydrogen-bond acceptors (Lipinski definition) is 3. The molecule has 194 valence electrons. The summed E-state index contributed by atoms with van der Waals surface area (Å²) < 4.78 is 2.03. The number of nitrogens with zero attached hydrogens (tertiary/aromatic N) is 2. The lowest BCUT2D eigenvalue weighted by atomic mass is 9.76. The number of carbonyl (C=O) groups excluding carboxylic acids is 1. The van der Waals surface area contributed by atoms with Gasteiger partial charge in [-0.15, -0.1) is 0 Å². The predicted molar refractivity (Wildman–Crippen MR) is 152 cm³/mol. The molecule has 1 saturated carbocycles. The fourth-order valence-corrected chi connectivity index (χ4v) is 7.60. The topological polar surface area (TPSA) is 70.5 Å². The Hall–Kier alpha value is -1.96. The van der Waals surface area contributed by atoms with Crippen molar-refractivity contribution in [2.24, 2.45) is 5.92 Å². The number of rotatable bonds is 3. The third-order valence-electron chi connectivity index (χ3n) is 7.93. The summed E-state index contributed by atoms with van der Waals surface area (Å²) in [5.74, 6) is -0.286. The van der Waals surface area contributed by atoms with Crippen molar-refractivity contribution in [3.63, 3.8) is 0 Å². The number of piperidine rings is 1. The van der Waals surface area contributed by atoms with Crippen LogP contribution in [0.4, 0.5) is 0 Å². The van der Waals surface area contributed by atoms with Gasteiger partial charge in [-0.3, -0.25) is 9.78 Å². The van der Waals surface area contributed by atoms with Gasteiger partial charge in [0.15, 0.2) is 0 Å². The molecular weight excluding hydrogens is 620 g/mol. The van der Waals surface area contributed by atoms with Gasteiger partial charge in [-0.1, -0.05) is 38.7 Å². The Kier molecular flexibility index (Phi) is 8.22. The number of aromatic nitrogens is 1. The molecule has 2 aromatic rings. The molecular formula is C29H29Br2ClN2O3. The van der Waals surface area contributed by atoms with E-state index >= 15 is 0 Å². The molecule has 8 heteroatoms. The molecule has 1 atom stereocenters. The zero-order chi connectivity index (χ0) is 26.1. The van der Waals surface area contributed by atoms with E-state index in [0.29, 0.717) is 5.92 Å². The molecule has 5 nitrogen and oxygen atoms in total. The third-order valence-corrected chi connectivity index (χ3v) is 9.24. The Morgan fingerprint density at radius 3 is 2.27 bits per heavy atom. The van der Waals surface area contributed by atoms with Gasteiger partial charge in [0.05, 0.1) is 5.69 Å². The van der Waals surface area contributed by atoms with Gasteiger partial charge in [-0.05, 0) is 108 Å². The van der Waals surface area contributed by atoms with Crippen molar-refractivity contribution in [1.82, 2.24) is 9.88 Å². The minimum atomic E-state index is -0.891. The molecule has 0 spiro atoms. The van der Waals surface area contributed by atoms with E-state index in [0.717, 1.165) is 95.3 Å². The van der Waals surface area contributed by atoms with Crippen LogP contribution in [0.25, 0.3) is 0 Å². The lowest BCUT2D eigenvalue weighted by Gasteiger charge is -2.37. The van der Waals surface area contributed by atoms with Crippen molar-refractivity contribution in [1.29, 1.82) is 0 Å². The minimum Gasteiger partial charge on any atom is -0.478 e. The van der Waals surface area contributed by atoms with Crippen LogP contribution >= 0.6 is 43.5 Å². The van der Waals surface area contributed by atoms with Gasteiger partial charge in [0.25, 0.3) is 0 Å². The Labute approximate surface area is 239 Å². The summed E-state index contributed by atoms with van der Waals surface area (Å²) in [6.07, 6.45) is 11.6. The number of likely N-dealkylation sites (tertiary alicyclic amines) is 1. The number of aliphatic carboxylic acids is 1. The highest BCUT2D eigenvalue weighted by atomic mass is 79.9. The maximum absolute atomic E-state index is 13.1. The van der Waals surface area contributed by atoms with E-state index in [1.54, 1.807) is 6.08 Å². The molecule has 1 N–H and O–H groups in total. The van der Waals surface area contributed by atoms with Crippen LogP contribution in [0.5, 0.6) is 0 Å². The van der Waals surface area contributed by atoms with Crippen molar-refractivity contribution in [2.75, 3.05) is 13.1 Å². The van der Waals surface area contributed by atoms with Crippen LogP contribution in [-0.2, 0) is 22.4 Å². The number of amides is 1. The zero-order valence-electron chi connectivity index (χ0n) is 20.5. The number of aryl methyl sites for hydroxylation is 2. The molecule has 1 amide bonds. The second kappa shape index (κ2) is 11.4. The van der Waals surface area contributed by atoms with Crippen LogP contribution in [0.15, 0.2) is 56.6 Å². The Bertz CT molecular complexity index is 1290. The van der Waals surface area contributed by atoms with E-state index in [2.05, 4.69) is 44.0 Å². The number of carbonyl (C=O) groups is 2. The summed E-state index contributed by atoms with van der Waals surface area (Å²) in [7, 11) is 0. The quantitative estimate of drug-likeness (QED) is 0.357. The average Bonchev–Trinajstić information content (AvgIpc) is 3.02. The van der Waals surface area contributed by atoms with Gasteiger partial charge in [-0.2, -0.15) is 0 Å². The molecule has 0 radical (unpaired) electrons. The first-order valence-electron chi connectivity index (χ1n) is 12.8. The summed E-state index contributed by atoms with van der Waals surface area (Å²) in [4.78, 5) is 30.9. The van der Waals surface area contributed by atoms with Crippen LogP contribution in [-0.4, -0.2) is 40.0 Å². The van der Waals surface area contributed by atoms with E-state index < -0.39 is 5.97 Å². The second-order valence-corrected chi connectivity index (χ2v) is 12.4. The summed E-state index contributed by atoms with van der Waals surface area (Å²) in [6, 6.07) is 6.29. The highest BCUT2D eigenvalue weighted by Crippen LogP contribution is 2.46. The van der Waals surface area contributed by atoms with Crippen LogP contribution in [0, 0.1) is 5.92 Å². The maximum atomic E-state index is 13.1. The van der Waals surface area contributed by atoms with E-state index in [1.807, 2.05) is 17.2 Å². The Morgan fingerprint density at radius 1 is 0.946 bits per heavy atom. The van der Waals surface area contributed by atoms with E-state index in [4.69, 9.17) is 21.7 Å². The van der Waals surface area contributed by atoms with Gasteiger partial charge in [0, 0.05) is 51.3 Å². The van der Waals surface area contributed by atoms with Gasteiger partial charge in [0.2, 0.25) is 5.91 Å². The van der Waals surface area contributed by atoms with E-state index in [1.165, 1.54) is 22.8 Å². The van der Waals surface area contributed by atoms with Crippen LogP contribution in [0.3, 0.4) is 0 Å². The number of carboxylic acids is 1. The zero-order valence-corrected chi connectivity index (χ0v) is 24.4. The molecule has 2 aliphatic carbocycles. The van der Waals surface area contributed by atoms with Crippen molar-refractivity contribution in [3.05, 3.63) is 84.0 Å². The average molecular weight is 649 g/mol. The number of pyridine rings is 1. The number of carboxylic acid groups (broad SMARTS) is 1. The number of allylic oxidation sites excluding steroid dienone is 2. The molecule has 0 unspecified atom stereocenters. The highest BCUT2D eigenvalue weighted by Gasteiger charge is 2.36. The van der Waals surface area contributed by atoms with Crippen LogP contribution in [0.2, 0.25) is 5.02 Å². The number of halogens is 3. The maximum Gasteiger partial charge on any atom is 0.328 e. The summed E-state index contributed by atoms with van der Waals surface area (Å²) >= 11 is 13.9. The monoisotopic (exact) mass is 646 g/mol. The molecule has 3 aliphatic rings. The fourth-order valence-electron chi connectivity index (χ4n) is 6.10. The molecule has 1 aliphatic heterocycles. The largest absolute Gasteiger partial charge is 0.478 e. The molecule has 2 fully saturated rings. The lowest BCUT2D eigenvalue weighted by Crippen LogP contribution is -2.39. The number of fused-ring (bicyclic) bond motifs is 2. The normalized spacial score (nSPS) is 20.1. The third kappa shape index (κ3) is 6.04. The van der Waals surface area contributed by atoms with Crippen molar-refractivity contribution < 1.29 is 14.7 Å². The van der Waals surface area contributed by atoms with Crippen molar-refractivity contribution in [3.8, 4) is 0 Å². The molecule has 37 heavy (non-hydrogen) atoms. The van der Waals surface area contributed by atoms with Crippen LogP contribution < -0.4 is 0 Å². The SMILES string of the molecule is O=C(O)C=C1CCC(=CC(=O)N2CCC([C@H]3c4ncc(Br)cc4CCc4cc(Cl)cc(Br)c43)CC2)CC1. The standard InChI is InChI=1S/C29H29Br2ClN2O3/c30-22-13-21-6-5-20-14-23(32)15-24(31)27(20)28(29(21)33-16-22)19-7-9-34(10-8-19)25(35)11-17-1-3-18(4-2-17)12-26(36)37/h11-16,19,28H,1-10H2,(H,36,37)/t28-/m1/s1. The number of hydrogen-bond donors (Lipinski definition) is 1. The summed E-state index contributed by atoms with van der Waals surface area (Å²) in [5, 5.41) is 9.70. The van der Waals surface area contributed by atoms with Gasteiger partial charge >= 0.3 is 5.97 Å². The van der Waals surface area contributed by atoms with Gasteiger partial charge in [0.1, 0.15) is 0 Å². The second-order valence-electron chi connectivity index (χ2n) is 10.2. The Balaban J connectivity index is 1.33. The molecule has 2 heterocycles. The van der Waals surface area contributed by atoms with Crippen molar-refractivity contribution in [2.45, 2.75) is 57.3 Å². The predicted octanol–water partition coefficient (Wildman–Crippen LogP) is 7.24. The molecule has 5 rings (SSSR count). The summed E-state index contributed by atoms with van der Waals surface area (Å²) in [5.41, 5.74) is 7.05. The molecule has 1 saturated heterocycles. The van der Waals surface area contributed by atoms with E-state index in [-0.39, 0.29) is 11.8 Å². The minimum absolute atomic E-state index is 0.0794. The van der Waals surface area contributed by atoms with Gasteiger partial charge in [-0.25, -0.2) is 4.79 Å². The van der Waals surface area contributed by atoms with Gasteiger partial charge < -0.3 is 10.0 Å². The fraction of sp³-hybridized carbons (Fsp3) is 0.414. The first-order valence-corrected chi connectivity index (χ1v) is 14.8. The molecule has 0 bridgehead atoms. The van der Waals surface area contributed by atoms with Crippen LogP contribution in [0.1, 0.15) is 66.8 Å². The number of benzene rings is 1. The first kappa shape index (κ1) is 26.6. The van der Waals surface area contributed by atoms with Crippen molar-refractivity contribution >= 4 is 55.3 Å². The Morgan fingerprint density at radius 2 is 1.59 bits per heavy atom.